The second kappa shape index (κ2) is 15.8. The first kappa shape index (κ1) is 41.1. The molecule has 6 rings (SSSR count). The first-order valence-corrected chi connectivity index (χ1v) is 19.9. The van der Waals surface area contributed by atoms with Crippen LogP contribution in [0.1, 0.15) is 92.4 Å². The first-order valence-electron chi connectivity index (χ1n) is 19.9. The Morgan fingerprint density at radius 1 is 0.788 bits per heavy atom. The fourth-order valence-electron chi connectivity index (χ4n) is 12.4. The van der Waals surface area contributed by atoms with E-state index in [0.29, 0.717) is 25.7 Å². The van der Waals surface area contributed by atoms with Crippen LogP contribution in [0.15, 0.2) is 0 Å². The van der Waals surface area contributed by atoms with Crippen LogP contribution in [0.4, 0.5) is 0 Å². The van der Waals surface area contributed by atoms with Gasteiger partial charge in [-0.15, -0.1) is 0 Å². The van der Waals surface area contributed by atoms with E-state index >= 15 is 0 Å². The fourth-order valence-corrected chi connectivity index (χ4v) is 12.4. The highest BCUT2D eigenvalue weighted by Crippen LogP contribution is 2.69. The lowest BCUT2D eigenvalue weighted by Gasteiger charge is -2.66. The average Bonchev–Trinajstić information content (AvgIpc) is 3.53. The van der Waals surface area contributed by atoms with Crippen molar-refractivity contribution in [2.24, 2.45) is 46.3 Å². The second-order valence-corrected chi connectivity index (χ2v) is 18.3. The van der Waals surface area contributed by atoms with Crippen molar-refractivity contribution in [1.29, 1.82) is 0 Å². The molecule has 302 valence electrons. The molecule has 13 nitrogen and oxygen atoms in total. The summed E-state index contributed by atoms with van der Waals surface area (Å²) in [6.07, 6.45) is -3.60. The normalized spacial score (nSPS) is 51.9. The summed E-state index contributed by atoms with van der Waals surface area (Å²) >= 11 is 0. The molecule has 52 heavy (non-hydrogen) atoms. The van der Waals surface area contributed by atoms with Gasteiger partial charge in [-0.2, -0.15) is 0 Å². The third-order valence-corrected chi connectivity index (χ3v) is 15.1. The summed E-state index contributed by atoms with van der Waals surface area (Å²) in [6, 6.07) is 0. The Bertz CT molecular complexity index is 1190. The zero-order chi connectivity index (χ0) is 37.9. The average molecular weight is 745 g/mol. The zero-order valence-corrected chi connectivity index (χ0v) is 32.3. The van der Waals surface area contributed by atoms with Crippen LogP contribution in [0, 0.1) is 46.3 Å². The molecule has 0 spiro atoms. The Morgan fingerprint density at radius 2 is 1.48 bits per heavy atom. The number of hydrogen-bond acceptors (Lipinski definition) is 13. The zero-order valence-electron chi connectivity index (χ0n) is 32.3. The lowest BCUT2D eigenvalue weighted by Crippen LogP contribution is -2.68. The van der Waals surface area contributed by atoms with Gasteiger partial charge in [0, 0.05) is 26.6 Å². The lowest BCUT2D eigenvalue weighted by molar-refractivity contribution is -0.288. The van der Waals surface area contributed by atoms with Gasteiger partial charge in [-0.3, -0.25) is 0 Å². The number of ether oxygens (including phenoxy) is 6. The Kier molecular flexibility index (Phi) is 12.5. The lowest BCUT2D eigenvalue weighted by atomic mass is 9.42. The van der Waals surface area contributed by atoms with E-state index in [1.165, 1.54) is 14.2 Å². The molecule has 0 amide bonds. The first-order chi connectivity index (χ1) is 24.5. The van der Waals surface area contributed by atoms with Crippen LogP contribution in [0.5, 0.6) is 0 Å². The highest BCUT2D eigenvalue weighted by Gasteiger charge is 2.70. The maximum absolute atomic E-state index is 12.6. The molecule has 0 aromatic carbocycles. The highest BCUT2D eigenvalue weighted by atomic mass is 16.7. The number of aliphatic hydroxyl groups is 7. The molecule has 0 aromatic rings. The van der Waals surface area contributed by atoms with Crippen LogP contribution in [0.25, 0.3) is 0 Å². The molecule has 4 saturated carbocycles. The Morgan fingerprint density at radius 3 is 2.15 bits per heavy atom. The number of aliphatic hydroxyl groups excluding tert-OH is 6. The minimum absolute atomic E-state index is 0.00423. The van der Waals surface area contributed by atoms with E-state index < -0.39 is 73.1 Å². The van der Waals surface area contributed by atoms with Gasteiger partial charge in [0.05, 0.1) is 43.2 Å². The van der Waals surface area contributed by atoms with Gasteiger partial charge in [0.1, 0.15) is 36.6 Å². The molecule has 0 bridgehead atoms. The number of rotatable bonds is 12. The van der Waals surface area contributed by atoms with Gasteiger partial charge in [0.25, 0.3) is 0 Å². The molecule has 20 atom stereocenters. The van der Waals surface area contributed by atoms with E-state index in [4.69, 9.17) is 28.4 Å². The molecule has 2 aliphatic heterocycles. The van der Waals surface area contributed by atoms with Crippen molar-refractivity contribution >= 4 is 0 Å². The van der Waals surface area contributed by atoms with Crippen LogP contribution in [-0.4, -0.2) is 142 Å². The van der Waals surface area contributed by atoms with E-state index in [1.54, 1.807) is 0 Å². The van der Waals surface area contributed by atoms with E-state index in [2.05, 4.69) is 34.6 Å². The van der Waals surface area contributed by atoms with Crippen molar-refractivity contribution in [1.82, 2.24) is 0 Å². The maximum atomic E-state index is 12.6. The predicted octanol–water partition coefficient (Wildman–Crippen LogP) is 1.73. The van der Waals surface area contributed by atoms with Crippen molar-refractivity contribution in [2.45, 2.75) is 172 Å². The van der Waals surface area contributed by atoms with Crippen molar-refractivity contribution in [3.05, 3.63) is 0 Å². The van der Waals surface area contributed by atoms with Crippen molar-refractivity contribution in [2.75, 3.05) is 27.4 Å². The van der Waals surface area contributed by atoms with E-state index in [9.17, 15) is 35.7 Å². The van der Waals surface area contributed by atoms with Gasteiger partial charge >= 0.3 is 0 Å². The minimum atomic E-state index is -1.29. The standard InChI is InChI=1S/C39H68O13/c1-19(2)27(51-35-31(45)30(44)28(52-35)18-50-36-33(48-7)32(47-6)26(43)17-49-36)9-8-20(3)22-15-24(41)34-38(22,5)13-11-29-37(4)12-10-21(40)14-23(37)25(42)16-39(29,34)46/h19-36,40-46H,8-18H2,1-7H3/t20-,21+,22?,23?,24-,25+,26?,27+,28?,29?,30?,31?,32?,33?,34?,35?,36?,37+,38-,39+/m1/s1. The van der Waals surface area contributed by atoms with Crippen LogP contribution < -0.4 is 0 Å². The summed E-state index contributed by atoms with van der Waals surface area (Å²) in [5, 5.41) is 78.2. The third-order valence-electron chi connectivity index (χ3n) is 15.1. The minimum Gasteiger partial charge on any atom is -0.393 e. The molecule has 0 aromatic heterocycles. The van der Waals surface area contributed by atoms with Gasteiger partial charge in [-0.1, -0.05) is 34.6 Å². The number of methoxy groups -OCH3 is 2. The molecule has 6 fully saturated rings. The maximum Gasteiger partial charge on any atom is 0.186 e. The van der Waals surface area contributed by atoms with Crippen LogP contribution >= 0.6 is 0 Å². The molecule has 2 heterocycles. The van der Waals surface area contributed by atoms with Crippen LogP contribution in [0.2, 0.25) is 0 Å². The van der Waals surface area contributed by atoms with E-state index in [-0.39, 0.29) is 72.1 Å². The SMILES string of the molecule is COC1C(O)COC(OCC2OC(O[C@@H](CC[C@@H](C)C3C[C@@H](O)C4[C@]3(C)CCC3[C@@]5(C)CC[C@H](O)CC5[C@@H](O)C[C@]34O)C(C)C)C(O)C2O)C1OC. The quantitative estimate of drug-likeness (QED) is 0.153. The molecule has 7 N–H and O–H groups in total. The van der Waals surface area contributed by atoms with E-state index in [1.807, 2.05) is 0 Å². The molecule has 0 radical (unpaired) electrons. The Balaban J connectivity index is 1.07. The largest absolute Gasteiger partial charge is 0.393 e. The van der Waals surface area contributed by atoms with Crippen molar-refractivity contribution in [3.63, 3.8) is 0 Å². The molecular weight excluding hydrogens is 676 g/mol. The smallest absolute Gasteiger partial charge is 0.186 e. The van der Waals surface area contributed by atoms with Gasteiger partial charge < -0.3 is 64.2 Å². The summed E-state index contributed by atoms with van der Waals surface area (Å²) in [5.41, 5.74) is -1.76. The summed E-state index contributed by atoms with van der Waals surface area (Å²) in [5.74, 6) is 0.0345. The molecule has 12 unspecified atom stereocenters. The van der Waals surface area contributed by atoms with Crippen molar-refractivity contribution in [3.8, 4) is 0 Å². The highest BCUT2D eigenvalue weighted by molar-refractivity contribution is 5.20. The molecule has 2 saturated heterocycles. The number of fused-ring (bicyclic) bond motifs is 5. The molecule has 4 aliphatic carbocycles. The summed E-state index contributed by atoms with van der Waals surface area (Å²) in [4.78, 5) is 0. The van der Waals surface area contributed by atoms with Gasteiger partial charge in [-0.05, 0) is 91.8 Å². The second-order valence-electron chi connectivity index (χ2n) is 18.3. The number of hydrogen-bond donors (Lipinski definition) is 7. The molecule has 6 aliphatic rings. The topological polar surface area (TPSA) is 197 Å². The van der Waals surface area contributed by atoms with E-state index in [0.717, 1.165) is 25.7 Å². The molecular formula is C39H68O13. The summed E-state index contributed by atoms with van der Waals surface area (Å²) in [6.45, 7) is 10.7. The Hall–Kier alpha value is -0.520. The van der Waals surface area contributed by atoms with Crippen LogP contribution in [-0.2, 0) is 28.4 Å². The summed E-state index contributed by atoms with van der Waals surface area (Å²) < 4.78 is 34.7. The van der Waals surface area contributed by atoms with Crippen molar-refractivity contribution < 1.29 is 64.2 Å². The Labute approximate surface area is 309 Å². The monoisotopic (exact) mass is 744 g/mol. The van der Waals surface area contributed by atoms with Gasteiger partial charge in [0.15, 0.2) is 12.6 Å². The predicted molar refractivity (Wildman–Crippen MR) is 188 cm³/mol. The third kappa shape index (κ3) is 7.16. The fraction of sp³-hybridized carbons (Fsp3) is 1.00. The molecule has 13 heteroatoms. The van der Waals surface area contributed by atoms with Gasteiger partial charge in [-0.25, -0.2) is 0 Å². The van der Waals surface area contributed by atoms with Crippen LogP contribution in [0.3, 0.4) is 0 Å². The van der Waals surface area contributed by atoms with Gasteiger partial charge in [0.2, 0.25) is 0 Å². The summed E-state index contributed by atoms with van der Waals surface area (Å²) in [7, 11) is 2.94.